The number of esters is 2. The Labute approximate surface area is 439 Å². The van der Waals surface area contributed by atoms with E-state index in [0.717, 1.165) is 51.4 Å². The maximum atomic E-state index is 13.3. The van der Waals surface area contributed by atoms with Gasteiger partial charge in [-0.1, -0.05) is 168 Å². The first-order chi connectivity index (χ1) is 35.0. The molecule has 1 heterocycles. The van der Waals surface area contributed by atoms with Gasteiger partial charge in [-0.2, -0.15) is 0 Å². The minimum absolute atomic E-state index is 0.0341. The van der Waals surface area contributed by atoms with Crippen LogP contribution in [0.3, 0.4) is 0 Å². The lowest BCUT2D eigenvalue weighted by Gasteiger charge is -2.48. The Morgan fingerprint density at radius 3 is 1.36 bits per heavy atom. The minimum Gasteiger partial charge on any atom is -0.756 e. The molecular formula is C53H105N2O17P. The number of rotatable bonds is 42. The van der Waals surface area contributed by atoms with Gasteiger partial charge in [0, 0.05) is 12.8 Å². The minimum atomic E-state index is -5.58. The van der Waals surface area contributed by atoms with Crippen LogP contribution < -0.4 is 15.5 Å². The summed E-state index contributed by atoms with van der Waals surface area (Å²) in [6, 6.07) is -1.53. The van der Waals surface area contributed by atoms with Gasteiger partial charge in [-0.25, -0.2) is 0 Å². The number of carbonyl (C=O) groups is 2. The van der Waals surface area contributed by atoms with Gasteiger partial charge in [0.15, 0.2) is 12.4 Å². The highest BCUT2D eigenvalue weighted by Crippen LogP contribution is 2.44. The van der Waals surface area contributed by atoms with E-state index in [0.29, 0.717) is 12.8 Å². The first-order valence-electron chi connectivity index (χ1n) is 28.6. The van der Waals surface area contributed by atoms with Crippen molar-refractivity contribution in [2.75, 3.05) is 39.5 Å². The van der Waals surface area contributed by atoms with Crippen LogP contribution in [0, 0.1) is 0 Å². The average Bonchev–Trinajstić information content (AvgIpc) is 3.37. The van der Waals surface area contributed by atoms with Crippen molar-refractivity contribution in [3.05, 3.63) is 0 Å². The highest BCUT2D eigenvalue weighted by Gasteiger charge is 2.54. The largest absolute Gasteiger partial charge is 0.756 e. The van der Waals surface area contributed by atoms with E-state index in [-0.39, 0.29) is 12.8 Å². The first kappa shape index (κ1) is 69.6. The molecule has 2 aliphatic rings. The molecule has 73 heavy (non-hydrogen) atoms. The third-order valence-electron chi connectivity index (χ3n) is 14.1. The van der Waals surface area contributed by atoms with E-state index in [1.807, 2.05) is 0 Å². The topological polar surface area (TPSA) is 302 Å². The molecule has 19 nitrogen and oxygen atoms in total. The lowest BCUT2D eigenvalue weighted by molar-refractivity contribution is -0.894. The summed E-state index contributed by atoms with van der Waals surface area (Å²) in [5.41, 5.74) is 5.94. The molecule has 1 saturated carbocycles. The van der Waals surface area contributed by atoms with E-state index < -0.39 is 113 Å². The van der Waals surface area contributed by atoms with Crippen molar-refractivity contribution in [3.8, 4) is 0 Å². The Kier molecular flexibility index (Phi) is 40.6. The number of hydrogen-bond acceptors (Lipinski definition) is 18. The van der Waals surface area contributed by atoms with Gasteiger partial charge in [-0.15, -0.1) is 0 Å². The van der Waals surface area contributed by atoms with Crippen LogP contribution in [0.2, 0.25) is 0 Å². The van der Waals surface area contributed by atoms with Crippen molar-refractivity contribution in [2.24, 2.45) is 5.73 Å². The Bertz CT molecular complexity index is 1400. The van der Waals surface area contributed by atoms with Gasteiger partial charge < -0.3 is 79.3 Å². The standard InChI is InChI=1S/C47H90NO17P.C6H15N/c1-3-5-7-9-11-13-15-17-19-21-23-25-27-29-36(50)60-32-34(62-37(51)30-28-26-24-22-20-18-16-14-12-10-8-6-4-2)33-61-66(58,59)65-46-44(57)42(55)41(54)43(56)45(46)64-47-38(48)40(53)39(52)35(31-49)63-47;1-4-7(5-2)6-3/h34-35,38-47,49,52-57H,3-33,48H2,1-2H3,(H,58,59);4-6H2,1-3H3/t34-,35-,38-,39+,40-,41-,42-,43+,44-,45-,46-,47-;/m1./s1. The molecule has 1 aliphatic carbocycles. The molecule has 434 valence electrons. The number of aliphatic hydroxyl groups is 7. The third-order valence-corrected chi connectivity index (χ3v) is 15.1. The van der Waals surface area contributed by atoms with E-state index >= 15 is 0 Å². The number of phosphoric ester groups is 1. The van der Waals surface area contributed by atoms with Crippen molar-refractivity contribution >= 4 is 19.8 Å². The number of phosphoric acid groups is 1. The SMILES string of the molecule is CCCCCCCCCCCCCCCC(=O)OC[C@H](COP(=O)([O-])O[C@@H]1[C@H](O)[C@H](O)[C@@H](O)[C@H](O)[C@H]1O[C@H]1O[C@H](CO)[C@H](O)[C@H](O)[C@H]1N)OC(=O)CCCCCCCCCCCCCCC.CC[NH+](CC)CC. The van der Waals surface area contributed by atoms with Crippen LogP contribution in [-0.2, 0) is 42.1 Å². The van der Waals surface area contributed by atoms with Crippen molar-refractivity contribution in [3.63, 3.8) is 0 Å². The van der Waals surface area contributed by atoms with E-state index in [1.54, 1.807) is 4.90 Å². The Morgan fingerprint density at radius 1 is 0.562 bits per heavy atom. The lowest BCUT2D eigenvalue weighted by atomic mass is 9.84. The normalized spacial score (nSPS) is 26.5. The van der Waals surface area contributed by atoms with Crippen molar-refractivity contribution < 1.29 is 87.7 Å². The molecule has 1 aliphatic heterocycles. The summed E-state index contributed by atoms with van der Waals surface area (Å²) in [6.45, 7) is 12.7. The van der Waals surface area contributed by atoms with Gasteiger partial charge in [0.2, 0.25) is 0 Å². The molecule has 0 bridgehead atoms. The molecule has 0 spiro atoms. The number of hydrogen-bond donors (Lipinski definition) is 9. The van der Waals surface area contributed by atoms with E-state index in [2.05, 4.69) is 34.6 Å². The number of carbonyl (C=O) groups excluding carboxylic acids is 2. The number of nitrogens with two attached hydrogens (primary N) is 1. The van der Waals surface area contributed by atoms with Gasteiger partial charge in [0.05, 0.1) is 38.9 Å². The highest BCUT2D eigenvalue weighted by atomic mass is 31.2. The lowest BCUT2D eigenvalue weighted by Crippen LogP contribution is -3.11. The quantitative estimate of drug-likeness (QED) is 0.0225. The van der Waals surface area contributed by atoms with Crippen molar-refractivity contribution in [1.29, 1.82) is 0 Å². The summed E-state index contributed by atoms with van der Waals surface area (Å²) >= 11 is 0. The molecule has 0 aromatic heterocycles. The molecule has 1 unspecified atom stereocenters. The van der Waals surface area contributed by atoms with Crippen molar-refractivity contribution in [2.45, 2.75) is 288 Å². The average molecular weight is 1070 g/mol. The summed E-state index contributed by atoms with van der Waals surface area (Å²) in [7, 11) is -5.58. The molecule has 0 aromatic carbocycles. The van der Waals surface area contributed by atoms with E-state index in [1.165, 1.54) is 122 Å². The van der Waals surface area contributed by atoms with Gasteiger partial charge in [0.25, 0.3) is 7.82 Å². The number of nitrogens with one attached hydrogen (secondary N) is 1. The Balaban J connectivity index is 0.00000353. The summed E-state index contributed by atoms with van der Waals surface area (Å²) < 4.78 is 45.4. The molecule has 2 rings (SSSR count). The van der Waals surface area contributed by atoms with Crippen LogP contribution in [-0.4, -0.2) is 161 Å². The Morgan fingerprint density at radius 2 is 0.959 bits per heavy atom. The molecule has 0 aromatic rings. The monoisotopic (exact) mass is 1070 g/mol. The molecule has 0 amide bonds. The number of aliphatic hydroxyl groups excluding tert-OH is 7. The van der Waals surface area contributed by atoms with E-state index in [4.69, 9.17) is 33.7 Å². The van der Waals surface area contributed by atoms with Gasteiger partial charge in [-0.05, 0) is 33.6 Å². The zero-order chi connectivity index (χ0) is 54.4. The third kappa shape index (κ3) is 30.4. The molecular weight excluding hydrogens is 968 g/mol. The zero-order valence-corrected chi connectivity index (χ0v) is 46.6. The predicted molar refractivity (Wildman–Crippen MR) is 277 cm³/mol. The van der Waals surface area contributed by atoms with Gasteiger partial charge in [-0.3, -0.25) is 14.2 Å². The molecule has 13 atom stereocenters. The fraction of sp³-hybridized carbons (Fsp3) is 0.962. The van der Waals surface area contributed by atoms with Crippen LogP contribution in [0.5, 0.6) is 0 Å². The second-order valence-corrected chi connectivity index (χ2v) is 21.6. The molecule has 2 fully saturated rings. The van der Waals surface area contributed by atoms with Crippen molar-refractivity contribution in [1.82, 2.24) is 0 Å². The van der Waals surface area contributed by atoms with Crippen LogP contribution in [0.25, 0.3) is 0 Å². The number of ether oxygens (including phenoxy) is 4. The molecule has 10 N–H and O–H groups in total. The second-order valence-electron chi connectivity index (χ2n) is 20.3. The maximum Gasteiger partial charge on any atom is 0.306 e. The zero-order valence-electron chi connectivity index (χ0n) is 45.7. The Hall–Kier alpha value is -1.39. The van der Waals surface area contributed by atoms with Gasteiger partial charge in [0.1, 0.15) is 61.5 Å². The predicted octanol–water partition coefficient (Wildman–Crippen LogP) is 4.81. The summed E-state index contributed by atoms with van der Waals surface area (Å²) in [6.07, 6.45) is 8.83. The molecule has 1 saturated heterocycles. The van der Waals surface area contributed by atoms with Crippen LogP contribution in [0.15, 0.2) is 0 Å². The van der Waals surface area contributed by atoms with Crippen LogP contribution in [0.4, 0.5) is 0 Å². The summed E-state index contributed by atoms with van der Waals surface area (Å²) in [5.74, 6) is -1.22. The van der Waals surface area contributed by atoms with E-state index in [9.17, 15) is 54.8 Å². The number of quaternary nitrogens is 1. The summed E-state index contributed by atoms with van der Waals surface area (Å²) in [4.78, 5) is 40.6. The summed E-state index contributed by atoms with van der Waals surface area (Å²) in [5, 5.41) is 72.6. The smallest absolute Gasteiger partial charge is 0.306 e. The fourth-order valence-electron chi connectivity index (χ4n) is 9.14. The second kappa shape index (κ2) is 42.6. The molecule has 20 heteroatoms. The maximum absolute atomic E-state index is 13.3. The first-order valence-corrected chi connectivity index (χ1v) is 30.1. The highest BCUT2D eigenvalue weighted by molar-refractivity contribution is 7.45. The van der Waals surface area contributed by atoms with Gasteiger partial charge >= 0.3 is 11.9 Å². The fourth-order valence-corrected chi connectivity index (χ4v) is 10.1. The van der Waals surface area contributed by atoms with Crippen LogP contribution >= 0.6 is 7.82 Å². The number of unbranched alkanes of at least 4 members (excludes halogenated alkanes) is 24. The molecule has 0 radical (unpaired) electrons. The van der Waals surface area contributed by atoms with Crippen LogP contribution in [0.1, 0.15) is 214 Å².